The van der Waals surface area contributed by atoms with Gasteiger partial charge < -0.3 is 10.2 Å². The number of halogens is 3. The summed E-state index contributed by atoms with van der Waals surface area (Å²) in [6.45, 7) is 4.56. The molecule has 3 rings (SSSR count). The predicted molar refractivity (Wildman–Crippen MR) is 90.6 cm³/mol. The van der Waals surface area contributed by atoms with Gasteiger partial charge in [0.15, 0.2) is 0 Å². The molecule has 0 amide bonds. The van der Waals surface area contributed by atoms with Crippen molar-refractivity contribution in [2.24, 2.45) is 0 Å². The average Bonchev–Trinajstić information content (AvgIpc) is 3.30. The quantitative estimate of drug-likeness (QED) is 0.777. The van der Waals surface area contributed by atoms with Crippen LogP contribution in [0.3, 0.4) is 0 Å². The van der Waals surface area contributed by atoms with Gasteiger partial charge in [-0.15, -0.1) is 0 Å². The predicted octanol–water partition coefficient (Wildman–Crippen LogP) is 4.92. The number of rotatable bonds is 4. The third-order valence-corrected chi connectivity index (χ3v) is 5.92. The molecule has 21 heavy (non-hydrogen) atoms. The molecule has 0 radical (unpaired) electrons. The molecule has 0 bridgehead atoms. The number of piperidine rings is 1. The Kier molecular flexibility index (Phi) is 5.02. The molecule has 2 nitrogen and oxygen atoms in total. The van der Waals surface area contributed by atoms with Gasteiger partial charge in [-0.3, -0.25) is 0 Å². The first-order valence-corrected chi connectivity index (χ1v) is 8.83. The first-order chi connectivity index (χ1) is 10.1. The second-order valence-corrected chi connectivity index (χ2v) is 7.36. The molecule has 5 heteroatoms. The van der Waals surface area contributed by atoms with Crippen LogP contribution < -0.4 is 5.32 Å². The molecule has 1 saturated carbocycles. The molecule has 2 aliphatic rings. The van der Waals surface area contributed by atoms with Crippen LogP contribution >= 0.6 is 34.8 Å². The minimum Gasteiger partial charge on any atom is -0.307 e. The summed E-state index contributed by atoms with van der Waals surface area (Å²) in [5.74, 6) is 0. The summed E-state index contributed by atoms with van der Waals surface area (Å²) in [5.41, 5.74) is 1.02. The van der Waals surface area contributed by atoms with Gasteiger partial charge >= 0.3 is 0 Å². The highest BCUT2D eigenvalue weighted by atomic mass is 35.5. The molecular weight excluding hydrogens is 327 g/mol. The van der Waals surface area contributed by atoms with Gasteiger partial charge in [0.25, 0.3) is 0 Å². The Morgan fingerprint density at radius 2 is 1.71 bits per heavy atom. The number of nitrogens with zero attached hydrogens (tertiary/aromatic N) is 1. The monoisotopic (exact) mass is 346 g/mol. The zero-order valence-electron chi connectivity index (χ0n) is 12.2. The molecule has 1 aromatic carbocycles. The molecule has 1 atom stereocenters. The molecule has 1 aliphatic heterocycles. The van der Waals surface area contributed by atoms with Gasteiger partial charge in [0.05, 0.1) is 15.1 Å². The van der Waals surface area contributed by atoms with Gasteiger partial charge in [0.1, 0.15) is 0 Å². The third kappa shape index (κ3) is 3.68. The van der Waals surface area contributed by atoms with Crippen LogP contribution in [0.15, 0.2) is 12.1 Å². The van der Waals surface area contributed by atoms with Crippen molar-refractivity contribution in [2.45, 2.75) is 50.7 Å². The van der Waals surface area contributed by atoms with Crippen molar-refractivity contribution in [1.29, 1.82) is 0 Å². The SMILES string of the molecule is CC(NC1CCN(C2CC2)CC1)c1ccc(Cl)c(Cl)c1Cl. The van der Waals surface area contributed by atoms with Crippen LogP contribution in [0.5, 0.6) is 0 Å². The van der Waals surface area contributed by atoms with Crippen LogP contribution in [-0.2, 0) is 0 Å². The molecule has 1 saturated heterocycles. The van der Waals surface area contributed by atoms with E-state index in [0.29, 0.717) is 21.1 Å². The normalized spacial score (nSPS) is 22.5. The molecular formula is C16H21Cl3N2. The maximum Gasteiger partial charge on any atom is 0.0781 e. The zero-order valence-corrected chi connectivity index (χ0v) is 14.5. The van der Waals surface area contributed by atoms with Crippen molar-refractivity contribution in [3.05, 3.63) is 32.8 Å². The molecule has 1 aromatic rings. The Morgan fingerprint density at radius 1 is 1.05 bits per heavy atom. The number of nitrogens with one attached hydrogen (secondary N) is 1. The van der Waals surface area contributed by atoms with E-state index in [9.17, 15) is 0 Å². The topological polar surface area (TPSA) is 15.3 Å². The van der Waals surface area contributed by atoms with E-state index < -0.39 is 0 Å². The second-order valence-electron chi connectivity index (χ2n) is 6.19. The maximum atomic E-state index is 6.32. The standard InChI is InChI=1S/C16H21Cl3N2/c1-10(13-4-5-14(17)16(19)15(13)18)20-11-6-8-21(9-7-11)12-2-3-12/h4-5,10-12,20H,2-3,6-9H2,1H3. The summed E-state index contributed by atoms with van der Waals surface area (Å²) in [7, 11) is 0. The lowest BCUT2D eigenvalue weighted by Crippen LogP contribution is -2.44. The van der Waals surface area contributed by atoms with Crippen LogP contribution in [0.1, 0.15) is 44.2 Å². The lowest BCUT2D eigenvalue weighted by Gasteiger charge is -2.34. The lowest BCUT2D eigenvalue weighted by atomic mass is 10.0. The summed E-state index contributed by atoms with van der Waals surface area (Å²) in [4.78, 5) is 2.63. The van der Waals surface area contributed by atoms with Crippen LogP contribution in [0.2, 0.25) is 15.1 Å². The van der Waals surface area contributed by atoms with Crippen LogP contribution in [0, 0.1) is 0 Å². The summed E-state index contributed by atoms with van der Waals surface area (Å²) in [6, 6.07) is 5.41. The van der Waals surface area contributed by atoms with Gasteiger partial charge in [0.2, 0.25) is 0 Å². The summed E-state index contributed by atoms with van der Waals surface area (Å²) in [6.07, 6.45) is 5.21. The van der Waals surface area contributed by atoms with E-state index >= 15 is 0 Å². The Labute approximate surface area is 141 Å². The number of hydrogen-bond acceptors (Lipinski definition) is 2. The van der Waals surface area contributed by atoms with Crippen molar-refractivity contribution < 1.29 is 0 Å². The Hall–Kier alpha value is 0.01000. The Morgan fingerprint density at radius 3 is 2.33 bits per heavy atom. The fourth-order valence-electron chi connectivity index (χ4n) is 3.19. The number of likely N-dealkylation sites (tertiary alicyclic amines) is 1. The highest BCUT2D eigenvalue weighted by molar-refractivity contribution is 6.48. The Balaban J connectivity index is 1.59. The van der Waals surface area contributed by atoms with Crippen LogP contribution in [0.4, 0.5) is 0 Å². The average molecular weight is 348 g/mol. The highest BCUT2D eigenvalue weighted by Crippen LogP contribution is 2.36. The van der Waals surface area contributed by atoms with E-state index in [1.807, 2.05) is 12.1 Å². The van der Waals surface area contributed by atoms with E-state index in [0.717, 1.165) is 11.6 Å². The molecule has 1 heterocycles. The van der Waals surface area contributed by atoms with Crippen molar-refractivity contribution in [3.63, 3.8) is 0 Å². The van der Waals surface area contributed by atoms with Crippen molar-refractivity contribution >= 4 is 34.8 Å². The summed E-state index contributed by atoms with van der Waals surface area (Å²) >= 11 is 18.4. The molecule has 0 spiro atoms. The maximum absolute atomic E-state index is 6.32. The van der Waals surface area contributed by atoms with E-state index in [-0.39, 0.29) is 6.04 Å². The van der Waals surface area contributed by atoms with E-state index in [2.05, 4.69) is 17.1 Å². The van der Waals surface area contributed by atoms with Crippen molar-refractivity contribution in [1.82, 2.24) is 10.2 Å². The smallest absolute Gasteiger partial charge is 0.0781 e. The van der Waals surface area contributed by atoms with Gasteiger partial charge in [-0.05, 0) is 57.3 Å². The van der Waals surface area contributed by atoms with E-state index in [1.54, 1.807) is 0 Å². The lowest BCUT2D eigenvalue weighted by molar-refractivity contribution is 0.184. The van der Waals surface area contributed by atoms with Crippen molar-refractivity contribution in [3.8, 4) is 0 Å². The molecule has 1 aliphatic carbocycles. The zero-order chi connectivity index (χ0) is 15.0. The number of hydrogen-bond donors (Lipinski definition) is 1. The minimum absolute atomic E-state index is 0.185. The van der Waals surface area contributed by atoms with Crippen molar-refractivity contribution in [2.75, 3.05) is 13.1 Å². The second kappa shape index (κ2) is 6.64. The van der Waals surface area contributed by atoms with Gasteiger partial charge in [-0.2, -0.15) is 0 Å². The number of benzene rings is 1. The minimum atomic E-state index is 0.185. The molecule has 1 N–H and O–H groups in total. The fraction of sp³-hybridized carbons (Fsp3) is 0.625. The van der Waals surface area contributed by atoms with Gasteiger partial charge in [-0.25, -0.2) is 0 Å². The molecule has 1 unspecified atom stereocenters. The summed E-state index contributed by atoms with van der Waals surface area (Å²) < 4.78 is 0. The molecule has 2 fully saturated rings. The van der Waals surface area contributed by atoms with E-state index in [4.69, 9.17) is 34.8 Å². The largest absolute Gasteiger partial charge is 0.307 e. The first-order valence-electron chi connectivity index (χ1n) is 7.69. The van der Waals surface area contributed by atoms with Gasteiger partial charge in [-0.1, -0.05) is 40.9 Å². The molecule has 116 valence electrons. The highest BCUT2D eigenvalue weighted by Gasteiger charge is 2.32. The van der Waals surface area contributed by atoms with Crippen LogP contribution in [-0.4, -0.2) is 30.1 Å². The molecule has 0 aromatic heterocycles. The Bertz CT molecular complexity index is 508. The van der Waals surface area contributed by atoms with Gasteiger partial charge in [0, 0.05) is 18.1 Å². The fourth-order valence-corrected chi connectivity index (χ4v) is 3.90. The van der Waals surface area contributed by atoms with Crippen LogP contribution in [0.25, 0.3) is 0 Å². The summed E-state index contributed by atoms with van der Waals surface area (Å²) in [5, 5.41) is 5.22. The first kappa shape index (κ1) is 15.9. The van der Waals surface area contributed by atoms with E-state index in [1.165, 1.54) is 38.8 Å². The third-order valence-electron chi connectivity index (χ3n) is 4.61.